The normalized spacial score (nSPS) is 13.3. The summed E-state index contributed by atoms with van der Waals surface area (Å²) in [5.41, 5.74) is 6.42. The van der Waals surface area contributed by atoms with Gasteiger partial charge in [-0.05, 0) is 49.1 Å². The van der Waals surface area contributed by atoms with E-state index < -0.39 is 17.0 Å². The minimum atomic E-state index is -0.811. The standard InChI is InChI=1S/C25H23N5O4S/c1-2-14-7-9-16(10-8-14)30-23(33)17-5-3-4-6-18(17)27-25(30)35-13-19(31)20-21(26)29(15-11-12-15)24(34)28-22(20)32/h3-10,15H,2,11-13,26H2,1H3,(H,28,32,34). The molecule has 1 saturated carbocycles. The lowest BCUT2D eigenvalue weighted by Gasteiger charge is -2.14. The van der Waals surface area contributed by atoms with Crippen LogP contribution in [0.1, 0.15) is 41.7 Å². The lowest BCUT2D eigenvalue weighted by Crippen LogP contribution is -2.36. The highest BCUT2D eigenvalue weighted by Gasteiger charge is 2.30. The number of carbonyl (C=O) groups is 1. The van der Waals surface area contributed by atoms with Crippen LogP contribution in [0.15, 0.2) is 68.1 Å². The number of aryl methyl sites for hydroxylation is 1. The van der Waals surface area contributed by atoms with Gasteiger partial charge >= 0.3 is 5.69 Å². The Labute approximate surface area is 203 Å². The zero-order chi connectivity index (χ0) is 24.7. The quantitative estimate of drug-likeness (QED) is 0.232. The summed E-state index contributed by atoms with van der Waals surface area (Å²) < 4.78 is 2.75. The van der Waals surface area contributed by atoms with Crippen LogP contribution >= 0.6 is 11.8 Å². The molecule has 3 N–H and O–H groups in total. The first-order valence-electron chi connectivity index (χ1n) is 11.3. The number of fused-ring (bicyclic) bond motifs is 1. The third-order valence-electron chi connectivity index (χ3n) is 6.05. The largest absolute Gasteiger partial charge is 0.384 e. The molecule has 9 nitrogen and oxygen atoms in total. The molecule has 0 bridgehead atoms. The predicted octanol–water partition coefficient (Wildman–Crippen LogP) is 2.69. The van der Waals surface area contributed by atoms with Gasteiger partial charge in [-0.15, -0.1) is 0 Å². The summed E-state index contributed by atoms with van der Waals surface area (Å²) in [5, 5.41) is 0.775. The Morgan fingerprint density at radius 1 is 1.11 bits per heavy atom. The molecule has 2 aromatic heterocycles. The number of anilines is 1. The van der Waals surface area contributed by atoms with E-state index in [1.54, 1.807) is 24.3 Å². The smallest absolute Gasteiger partial charge is 0.330 e. The van der Waals surface area contributed by atoms with Crippen molar-refractivity contribution in [3.63, 3.8) is 0 Å². The van der Waals surface area contributed by atoms with Gasteiger partial charge in [-0.25, -0.2) is 9.78 Å². The number of ketones is 1. The Morgan fingerprint density at radius 3 is 2.51 bits per heavy atom. The molecule has 0 radical (unpaired) electrons. The van der Waals surface area contributed by atoms with Gasteiger partial charge < -0.3 is 5.73 Å². The molecule has 1 fully saturated rings. The highest BCUT2D eigenvalue weighted by molar-refractivity contribution is 7.99. The van der Waals surface area contributed by atoms with Crippen molar-refractivity contribution < 1.29 is 4.79 Å². The number of thioether (sulfide) groups is 1. The summed E-state index contributed by atoms with van der Waals surface area (Å²) in [7, 11) is 0. The molecular weight excluding hydrogens is 466 g/mol. The highest BCUT2D eigenvalue weighted by atomic mass is 32.2. The molecule has 178 valence electrons. The second kappa shape index (κ2) is 9.03. The number of hydrogen-bond acceptors (Lipinski definition) is 7. The summed E-state index contributed by atoms with van der Waals surface area (Å²) in [6.45, 7) is 2.05. The number of aromatic nitrogens is 4. The number of aromatic amines is 1. The van der Waals surface area contributed by atoms with Crippen molar-refractivity contribution in [3.8, 4) is 5.69 Å². The van der Waals surface area contributed by atoms with Gasteiger partial charge in [0.1, 0.15) is 11.4 Å². The number of H-pyrrole nitrogens is 1. The van der Waals surface area contributed by atoms with Crippen LogP contribution in [0.4, 0.5) is 5.82 Å². The number of nitrogens with two attached hydrogens (primary N) is 1. The van der Waals surface area contributed by atoms with Gasteiger partial charge in [0.25, 0.3) is 11.1 Å². The minimum Gasteiger partial charge on any atom is -0.384 e. The van der Waals surface area contributed by atoms with Gasteiger partial charge in [0, 0.05) is 6.04 Å². The Hall–Kier alpha value is -3.92. The fourth-order valence-corrected chi connectivity index (χ4v) is 4.94. The van der Waals surface area contributed by atoms with Gasteiger partial charge in [-0.3, -0.25) is 28.5 Å². The minimum absolute atomic E-state index is 0.100. The molecular formula is C25H23N5O4S. The third-order valence-corrected chi connectivity index (χ3v) is 6.99. The molecule has 0 spiro atoms. The second-order valence-electron chi connectivity index (χ2n) is 8.40. The van der Waals surface area contributed by atoms with Crippen molar-refractivity contribution in [1.29, 1.82) is 0 Å². The van der Waals surface area contributed by atoms with Crippen LogP contribution in [0, 0.1) is 0 Å². The number of nitrogens with one attached hydrogen (secondary N) is 1. The number of benzene rings is 2. The van der Waals surface area contributed by atoms with E-state index in [9.17, 15) is 19.2 Å². The SMILES string of the molecule is CCc1ccc(-n2c(SCC(=O)c3c(N)n(C4CC4)c(=O)[nH]c3=O)nc3ccccc3c2=O)cc1. The molecule has 0 amide bonds. The lowest BCUT2D eigenvalue weighted by atomic mass is 10.1. The van der Waals surface area contributed by atoms with Gasteiger partial charge in [-0.1, -0.05) is 43.0 Å². The zero-order valence-electron chi connectivity index (χ0n) is 19.0. The van der Waals surface area contributed by atoms with E-state index in [-0.39, 0.29) is 28.7 Å². The monoisotopic (exact) mass is 489 g/mol. The maximum absolute atomic E-state index is 13.4. The molecule has 2 aromatic carbocycles. The molecule has 10 heteroatoms. The third kappa shape index (κ3) is 4.21. The molecule has 1 aliphatic rings. The van der Waals surface area contributed by atoms with E-state index in [4.69, 9.17) is 5.73 Å². The van der Waals surface area contributed by atoms with Crippen molar-refractivity contribution in [3.05, 3.63) is 90.8 Å². The van der Waals surface area contributed by atoms with Crippen LogP contribution in [0.2, 0.25) is 0 Å². The summed E-state index contributed by atoms with van der Waals surface area (Å²) in [6.07, 6.45) is 2.39. The van der Waals surface area contributed by atoms with Crippen molar-refractivity contribution in [2.45, 2.75) is 37.4 Å². The van der Waals surface area contributed by atoms with Crippen molar-refractivity contribution in [2.75, 3.05) is 11.5 Å². The summed E-state index contributed by atoms with van der Waals surface area (Å²) in [4.78, 5) is 57.9. The molecule has 2 heterocycles. The Kier molecular flexibility index (Phi) is 5.89. The van der Waals surface area contributed by atoms with E-state index in [1.807, 2.05) is 31.2 Å². The average Bonchev–Trinajstić information content (AvgIpc) is 3.68. The Morgan fingerprint density at radius 2 is 1.83 bits per heavy atom. The van der Waals surface area contributed by atoms with Gasteiger partial charge in [-0.2, -0.15) is 0 Å². The number of hydrogen-bond donors (Lipinski definition) is 2. The van der Waals surface area contributed by atoms with Gasteiger partial charge in [0.05, 0.1) is 22.3 Å². The maximum Gasteiger partial charge on any atom is 0.330 e. The number of carbonyl (C=O) groups excluding carboxylic acids is 1. The van der Waals surface area contributed by atoms with Crippen LogP contribution in [0.3, 0.4) is 0 Å². The first-order chi connectivity index (χ1) is 16.9. The van der Waals surface area contributed by atoms with Gasteiger partial charge in [0.2, 0.25) is 0 Å². The zero-order valence-corrected chi connectivity index (χ0v) is 19.8. The summed E-state index contributed by atoms with van der Waals surface area (Å²) in [5.74, 6) is -0.849. The number of Topliss-reactive ketones (excluding diaryl/α,β-unsaturated/α-hetero) is 1. The lowest BCUT2D eigenvalue weighted by molar-refractivity contribution is 0.102. The first kappa shape index (κ1) is 22.9. The van der Waals surface area contributed by atoms with E-state index in [0.717, 1.165) is 36.6 Å². The van der Waals surface area contributed by atoms with Crippen LogP contribution in [0.25, 0.3) is 16.6 Å². The Bertz CT molecular complexity index is 1630. The molecule has 0 aliphatic heterocycles. The molecule has 1 aliphatic carbocycles. The van der Waals surface area contributed by atoms with Gasteiger partial charge in [0.15, 0.2) is 10.9 Å². The summed E-state index contributed by atoms with van der Waals surface area (Å²) >= 11 is 1.04. The average molecular weight is 490 g/mol. The molecule has 35 heavy (non-hydrogen) atoms. The topological polar surface area (TPSA) is 133 Å². The molecule has 0 saturated heterocycles. The first-order valence-corrected chi connectivity index (χ1v) is 12.3. The fraction of sp³-hybridized carbons (Fsp3) is 0.240. The highest BCUT2D eigenvalue weighted by Crippen LogP contribution is 2.35. The summed E-state index contributed by atoms with van der Waals surface area (Å²) in [6, 6.07) is 14.5. The van der Waals surface area contributed by atoms with Crippen LogP contribution < -0.4 is 22.5 Å². The van der Waals surface area contributed by atoms with Crippen LogP contribution in [-0.2, 0) is 6.42 Å². The van der Waals surface area contributed by atoms with E-state index >= 15 is 0 Å². The number of nitrogens with zero attached hydrogens (tertiary/aromatic N) is 3. The number of rotatable bonds is 7. The predicted molar refractivity (Wildman–Crippen MR) is 136 cm³/mol. The molecule has 0 unspecified atom stereocenters. The van der Waals surface area contributed by atoms with E-state index in [0.29, 0.717) is 21.7 Å². The number of para-hydroxylation sites is 1. The maximum atomic E-state index is 13.4. The fourth-order valence-electron chi connectivity index (χ4n) is 4.05. The molecule has 0 atom stereocenters. The van der Waals surface area contributed by atoms with E-state index in [1.165, 1.54) is 9.13 Å². The van der Waals surface area contributed by atoms with E-state index in [2.05, 4.69) is 9.97 Å². The number of nitrogen functional groups attached to an aromatic ring is 1. The molecule has 4 aromatic rings. The Balaban J connectivity index is 1.55. The van der Waals surface area contributed by atoms with Crippen molar-refractivity contribution in [1.82, 2.24) is 19.1 Å². The van der Waals surface area contributed by atoms with Crippen molar-refractivity contribution >= 4 is 34.3 Å². The van der Waals surface area contributed by atoms with Crippen LogP contribution in [-0.4, -0.2) is 30.6 Å². The molecule has 5 rings (SSSR count). The van der Waals surface area contributed by atoms with Crippen LogP contribution in [0.5, 0.6) is 0 Å². The van der Waals surface area contributed by atoms with Crippen molar-refractivity contribution in [2.24, 2.45) is 0 Å². The second-order valence-corrected chi connectivity index (χ2v) is 9.35.